The zero-order chi connectivity index (χ0) is 28.2. The highest BCUT2D eigenvalue weighted by atomic mass is 16.5. The summed E-state index contributed by atoms with van der Waals surface area (Å²) in [5.41, 5.74) is 7.01. The molecule has 6 rings (SSSR count). The molecule has 0 aliphatic rings. The average molecular weight is 544 g/mol. The zero-order valence-corrected chi connectivity index (χ0v) is 22.8. The van der Waals surface area contributed by atoms with Crippen LogP contribution in [0.1, 0.15) is 41.4 Å². The van der Waals surface area contributed by atoms with Crippen LogP contribution in [0.5, 0.6) is 6.01 Å². The van der Waals surface area contributed by atoms with Gasteiger partial charge in [0.2, 0.25) is 5.82 Å². The fraction of sp³-hybridized carbons (Fsp3) is 0.156. The molecule has 0 fully saturated rings. The number of hydrogen-bond acceptors (Lipinski definition) is 6. The maximum Gasteiger partial charge on any atom is 0.297 e. The van der Waals surface area contributed by atoms with E-state index in [1.165, 1.54) is 0 Å². The lowest BCUT2D eigenvalue weighted by atomic mass is 9.98. The lowest BCUT2D eigenvalue weighted by molar-refractivity contribution is 0.0941. The summed E-state index contributed by atoms with van der Waals surface area (Å²) in [6.07, 6.45) is 0. The molecule has 0 spiro atoms. The van der Waals surface area contributed by atoms with Crippen molar-refractivity contribution >= 4 is 16.9 Å². The molecule has 204 valence electrons. The Morgan fingerprint density at radius 3 is 2.41 bits per heavy atom. The first-order valence-corrected chi connectivity index (χ1v) is 13.5. The van der Waals surface area contributed by atoms with Crippen LogP contribution in [-0.2, 0) is 6.54 Å². The summed E-state index contributed by atoms with van der Waals surface area (Å²) in [5, 5.41) is 17.7. The summed E-state index contributed by atoms with van der Waals surface area (Å²) < 4.78 is 7.90. The SMILES string of the molecule is CCOc1nc2cccc(C(=O)NC(C)c3ccccc3)c2n1Cc1ccc(-c2ccccc2-c2nn[nH]n2)cc1. The number of amides is 1. The van der Waals surface area contributed by atoms with Crippen molar-refractivity contribution in [3.05, 3.63) is 114 Å². The van der Waals surface area contributed by atoms with Gasteiger partial charge in [0.05, 0.1) is 35.8 Å². The smallest absolute Gasteiger partial charge is 0.297 e. The highest BCUT2D eigenvalue weighted by molar-refractivity contribution is 6.05. The molecule has 0 saturated carbocycles. The second kappa shape index (κ2) is 11.4. The molecule has 0 aliphatic carbocycles. The molecule has 0 aliphatic heterocycles. The molecule has 1 unspecified atom stereocenters. The minimum atomic E-state index is -0.162. The zero-order valence-electron chi connectivity index (χ0n) is 22.8. The molecule has 4 aromatic carbocycles. The van der Waals surface area contributed by atoms with Gasteiger partial charge in [-0.05, 0) is 53.4 Å². The van der Waals surface area contributed by atoms with Gasteiger partial charge in [-0.3, -0.25) is 9.36 Å². The topological polar surface area (TPSA) is 111 Å². The molecule has 0 radical (unpaired) electrons. The highest BCUT2D eigenvalue weighted by Crippen LogP contribution is 2.31. The first-order valence-electron chi connectivity index (χ1n) is 13.5. The summed E-state index contributed by atoms with van der Waals surface area (Å²) in [4.78, 5) is 18.3. The van der Waals surface area contributed by atoms with E-state index in [1.54, 1.807) is 0 Å². The Morgan fingerprint density at radius 2 is 1.68 bits per heavy atom. The number of benzene rings is 4. The van der Waals surface area contributed by atoms with E-state index in [-0.39, 0.29) is 11.9 Å². The van der Waals surface area contributed by atoms with Crippen molar-refractivity contribution in [2.75, 3.05) is 6.61 Å². The summed E-state index contributed by atoms with van der Waals surface area (Å²) in [6, 6.07) is 32.1. The number of aromatic nitrogens is 6. The van der Waals surface area contributed by atoms with Crippen LogP contribution in [-0.4, -0.2) is 42.7 Å². The van der Waals surface area contributed by atoms with Gasteiger partial charge in [0.1, 0.15) is 0 Å². The van der Waals surface area contributed by atoms with Gasteiger partial charge < -0.3 is 10.1 Å². The van der Waals surface area contributed by atoms with Crippen molar-refractivity contribution in [3.8, 4) is 28.5 Å². The van der Waals surface area contributed by atoms with Crippen LogP contribution in [0.4, 0.5) is 0 Å². The van der Waals surface area contributed by atoms with Crippen molar-refractivity contribution in [1.29, 1.82) is 0 Å². The molecular weight excluding hydrogens is 514 g/mol. The number of aromatic amines is 1. The summed E-state index contributed by atoms with van der Waals surface area (Å²) in [7, 11) is 0. The normalized spacial score (nSPS) is 11.9. The molecule has 2 aromatic heterocycles. The predicted octanol–water partition coefficient (Wildman–Crippen LogP) is 5.82. The Bertz CT molecular complexity index is 1780. The quantitative estimate of drug-likeness (QED) is 0.238. The molecule has 0 bridgehead atoms. The second-order valence-corrected chi connectivity index (χ2v) is 9.67. The molecule has 0 saturated heterocycles. The van der Waals surface area contributed by atoms with Crippen molar-refractivity contribution < 1.29 is 9.53 Å². The van der Waals surface area contributed by atoms with Crippen molar-refractivity contribution in [2.24, 2.45) is 0 Å². The standard InChI is InChI=1S/C32H29N7O2/c1-3-41-32-34-28-15-9-14-27(31(40)33-21(2)23-10-5-4-6-11-23)29(28)39(32)20-22-16-18-24(19-17-22)25-12-7-8-13-26(25)30-35-37-38-36-30/h4-19,21H,3,20H2,1-2H3,(H,33,40)(H,35,36,37,38). The highest BCUT2D eigenvalue weighted by Gasteiger charge is 2.21. The van der Waals surface area contributed by atoms with Crippen molar-refractivity contribution in [3.63, 3.8) is 0 Å². The van der Waals surface area contributed by atoms with Gasteiger partial charge in [-0.15, -0.1) is 10.2 Å². The van der Waals surface area contributed by atoms with Gasteiger partial charge in [-0.2, -0.15) is 10.2 Å². The fourth-order valence-corrected chi connectivity index (χ4v) is 5.01. The van der Waals surface area contributed by atoms with Crippen LogP contribution >= 0.6 is 0 Å². The third-order valence-corrected chi connectivity index (χ3v) is 7.02. The molecular formula is C32H29N7O2. The van der Waals surface area contributed by atoms with Crippen LogP contribution < -0.4 is 10.1 Å². The van der Waals surface area contributed by atoms with E-state index in [2.05, 4.69) is 50.2 Å². The number of nitrogens with one attached hydrogen (secondary N) is 2. The molecule has 2 heterocycles. The number of nitrogens with zero attached hydrogens (tertiary/aromatic N) is 5. The second-order valence-electron chi connectivity index (χ2n) is 9.67. The van der Waals surface area contributed by atoms with Gasteiger partial charge in [0.25, 0.3) is 11.9 Å². The minimum Gasteiger partial charge on any atom is -0.465 e. The maximum absolute atomic E-state index is 13.5. The maximum atomic E-state index is 13.5. The van der Waals surface area contributed by atoms with E-state index in [0.717, 1.165) is 33.3 Å². The van der Waals surface area contributed by atoms with Gasteiger partial charge in [-0.1, -0.05) is 84.9 Å². The first kappa shape index (κ1) is 25.9. The van der Waals surface area contributed by atoms with E-state index in [0.29, 0.717) is 36.1 Å². The third-order valence-electron chi connectivity index (χ3n) is 7.02. The summed E-state index contributed by atoms with van der Waals surface area (Å²) >= 11 is 0. The molecule has 9 nitrogen and oxygen atoms in total. The van der Waals surface area contributed by atoms with E-state index in [1.807, 2.05) is 91.2 Å². The number of hydrogen-bond donors (Lipinski definition) is 2. The van der Waals surface area contributed by atoms with Gasteiger partial charge in [-0.25, -0.2) is 0 Å². The fourth-order valence-electron chi connectivity index (χ4n) is 5.01. The Balaban J connectivity index is 1.33. The Hall–Kier alpha value is -5.31. The van der Waals surface area contributed by atoms with Gasteiger partial charge >= 0.3 is 0 Å². The van der Waals surface area contributed by atoms with E-state index in [9.17, 15) is 4.79 Å². The van der Waals surface area contributed by atoms with Crippen molar-refractivity contribution in [1.82, 2.24) is 35.5 Å². The first-order chi connectivity index (χ1) is 20.1. The number of H-pyrrole nitrogens is 1. The summed E-state index contributed by atoms with van der Waals surface area (Å²) in [5.74, 6) is 0.382. The average Bonchev–Trinajstić information content (AvgIpc) is 3.67. The van der Waals surface area contributed by atoms with Crippen LogP contribution in [0.3, 0.4) is 0 Å². The number of imidazole rings is 1. The van der Waals surface area contributed by atoms with E-state index in [4.69, 9.17) is 9.72 Å². The van der Waals surface area contributed by atoms with Crippen LogP contribution in [0.15, 0.2) is 97.1 Å². The molecule has 41 heavy (non-hydrogen) atoms. The van der Waals surface area contributed by atoms with Crippen LogP contribution in [0.25, 0.3) is 33.5 Å². The largest absolute Gasteiger partial charge is 0.465 e. The monoisotopic (exact) mass is 543 g/mol. The molecule has 9 heteroatoms. The predicted molar refractivity (Wildman–Crippen MR) is 157 cm³/mol. The molecule has 6 aromatic rings. The van der Waals surface area contributed by atoms with E-state index < -0.39 is 0 Å². The van der Waals surface area contributed by atoms with Gasteiger partial charge in [0, 0.05) is 5.56 Å². The Morgan fingerprint density at radius 1 is 0.927 bits per heavy atom. The van der Waals surface area contributed by atoms with Crippen molar-refractivity contribution in [2.45, 2.75) is 26.4 Å². The number of tetrazole rings is 1. The molecule has 1 atom stereocenters. The number of carbonyl (C=O) groups excluding carboxylic acids is 1. The number of ether oxygens (including phenoxy) is 1. The van der Waals surface area contributed by atoms with Gasteiger partial charge in [0.15, 0.2) is 0 Å². The van der Waals surface area contributed by atoms with Crippen LogP contribution in [0, 0.1) is 0 Å². The lowest BCUT2D eigenvalue weighted by Crippen LogP contribution is -2.27. The molecule has 1 amide bonds. The Kier molecular flexibility index (Phi) is 7.23. The molecule has 2 N–H and O–H groups in total. The van der Waals surface area contributed by atoms with Crippen LogP contribution in [0.2, 0.25) is 0 Å². The minimum absolute atomic E-state index is 0.149. The number of carbonyl (C=O) groups is 1. The summed E-state index contributed by atoms with van der Waals surface area (Å²) in [6.45, 7) is 4.85. The number of para-hydroxylation sites is 1. The Labute approximate surface area is 237 Å². The number of rotatable bonds is 9. The number of fused-ring (bicyclic) bond motifs is 1. The third kappa shape index (κ3) is 5.29. The van der Waals surface area contributed by atoms with E-state index >= 15 is 0 Å². The lowest BCUT2D eigenvalue weighted by Gasteiger charge is -2.16.